The number of hydrogen-bond donors (Lipinski definition) is 2. The molecule has 0 aliphatic carbocycles. The molecule has 0 unspecified atom stereocenters. The minimum absolute atomic E-state index is 0.272. The molecular formula is C21H18ClN3O3. The molecule has 0 spiro atoms. The normalized spacial score (nSPS) is 10.2. The molecule has 142 valence electrons. The van der Waals surface area contributed by atoms with E-state index in [2.05, 4.69) is 15.6 Å². The molecule has 2 aromatic carbocycles. The van der Waals surface area contributed by atoms with Gasteiger partial charge in [-0.3, -0.25) is 14.6 Å². The molecule has 7 heteroatoms. The lowest BCUT2D eigenvalue weighted by Crippen LogP contribution is -2.16. The van der Waals surface area contributed by atoms with Crippen LogP contribution in [-0.4, -0.2) is 23.4 Å². The number of pyridine rings is 1. The molecular weight excluding hydrogens is 378 g/mol. The van der Waals surface area contributed by atoms with E-state index < -0.39 is 0 Å². The number of carbonyl (C=O) groups excluding carboxylic acids is 2. The van der Waals surface area contributed by atoms with Crippen LogP contribution in [0.1, 0.15) is 27.6 Å². The lowest BCUT2D eigenvalue weighted by Gasteiger charge is -2.09. The van der Waals surface area contributed by atoms with Crippen molar-refractivity contribution in [2.24, 2.45) is 0 Å². The summed E-state index contributed by atoms with van der Waals surface area (Å²) in [6.45, 7) is 2.47. The van der Waals surface area contributed by atoms with E-state index in [4.69, 9.17) is 16.3 Å². The molecule has 0 atom stereocenters. The number of ether oxygens (including phenoxy) is 1. The average Bonchev–Trinajstić information content (AvgIpc) is 2.71. The van der Waals surface area contributed by atoms with Crippen molar-refractivity contribution in [3.8, 4) is 5.75 Å². The summed E-state index contributed by atoms with van der Waals surface area (Å²) >= 11 is 5.84. The number of carbonyl (C=O) groups is 2. The largest absolute Gasteiger partial charge is 0.494 e. The highest BCUT2D eigenvalue weighted by molar-refractivity contribution is 6.30. The number of halogens is 1. The first kappa shape index (κ1) is 19.4. The van der Waals surface area contributed by atoms with Gasteiger partial charge >= 0.3 is 0 Å². The Morgan fingerprint density at radius 3 is 1.89 bits per heavy atom. The Morgan fingerprint density at radius 2 is 1.39 bits per heavy atom. The lowest BCUT2D eigenvalue weighted by atomic mass is 10.1. The molecule has 28 heavy (non-hydrogen) atoms. The highest BCUT2D eigenvalue weighted by Crippen LogP contribution is 2.17. The van der Waals surface area contributed by atoms with Gasteiger partial charge in [-0.2, -0.15) is 0 Å². The fourth-order valence-corrected chi connectivity index (χ4v) is 2.56. The lowest BCUT2D eigenvalue weighted by molar-refractivity contribution is 0.102. The number of hydrogen-bond acceptors (Lipinski definition) is 4. The van der Waals surface area contributed by atoms with Crippen LogP contribution in [0.3, 0.4) is 0 Å². The number of rotatable bonds is 6. The third-order valence-electron chi connectivity index (χ3n) is 3.79. The SMILES string of the molecule is CCOc1ccc(NC(=O)c2cncc(C(=O)Nc3ccc(Cl)cc3)c2)cc1. The topological polar surface area (TPSA) is 80.3 Å². The van der Waals surface area contributed by atoms with Crippen molar-refractivity contribution in [3.63, 3.8) is 0 Å². The first-order chi connectivity index (χ1) is 13.5. The molecule has 0 fully saturated rings. The summed E-state index contributed by atoms with van der Waals surface area (Å²) in [5.41, 5.74) is 1.76. The molecule has 2 amide bonds. The third-order valence-corrected chi connectivity index (χ3v) is 4.04. The summed E-state index contributed by atoms with van der Waals surface area (Å²) in [6, 6.07) is 15.3. The van der Waals surface area contributed by atoms with Crippen molar-refractivity contribution in [1.29, 1.82) is 0 Å². The molecule has 0 saturated carbocycles. The number of aromatic nitrogens is 1. The van der Waals surface area contributed by atoms with Crippen LogP contribution in [0.15, 0.2) is 67.0 Å². The molecule has 0 saturated heterocycles. The third kappa shape index (κ3) is 5.08. The van der Waals surface area contributed by atoms with Gasteiger partial charge in [0.1, 0.15) is 5.75 Å². The van der Waals surface area contributed by atoms with E-state index in [1.807, 2.05) is 6.92 Å². The van der Waals surface area contributed by atoms with Gasteiger partial charge in [-0.15, -0.1) is 0 Å². The van der Waals surface area contributed by atoms with Crippen molar-refractivity contribution < 1.29 is 14.3 Å². The predicted molar refractivity (Wildman–Crippen MR) is 109 cm³/mol. The molecule has 1 heterocycles. The van der Waals surface area contributed by atoms with E-state index in [1.165, 1.54) is 18.5 Å². The van der Waals surface area contributed by atoms with Gasteiger partial charge in [-0.05, 0) is 61.5 Å². The minimum atomic E-state index is -0.370. The Hall–Kier alpha value is -3.38. The molecule has 1 aromatic heterocycles. The Labute approximate surface area is 167 Å². The van der Waals surface area contributed by atoms with Crippen molar-refractivity contribution in [1.82, 2.24) is 4.98 Å². The van der Waals surface area contributed by atoms with Crippen molar-refractivity contribution in [2.75, 3.05) is 17.2 Å². The van der Waals surface area contributed by atoms with E-state index in [0.29, 0.717) is 23.0 Å². The first-order valence-electron chi connectivity index (χ1n) is 8.61. The first-order valence-corrected chi connectivity index (χ1v) is 8.99. The minimum Gasteiger partial charge on any atom is -0.494 e. The quantitative estimate of drug-likeness (QED) is 0.637. The number of benzene rings is 2. The van der Waals surface area contributed by atoms with Crippen LogP contribution in [0.4, 0.5) is 11.4 Å². The summed E-state index contributed by atoms with van der Waals surface area (Å²) in [5, 5.41) is 6.08. The number of amides is 2. The van der Waals surface area contributed by atoms with E-state index in [1.54, 1.807) is 48.5 Å². The summed E-state index contributed by atoms with van der Waals surface area (Å²) < 4.78 is 5.37. The van der Waals surface area contributed by atoms with Crippen LogP contribution in [0, 0.1) is 0 Å². The molecule has 3 rings (SSSR count). The maximum atomic E-state index is 12.5. The van der Waals surface area contributed by atoms with Crippen LogP contribution in [-0.2, 0) is 0 Å². The van der Waals surface area contributed by atoms with Crippen LogP contribution in [0.25, 0.3) is 0 Å². The van der Waals surface area contributed by atoms with Gasteiger partial charge in [0.25, 0.3) is 11.8 Å². The summed E-state index contributed by atoms with van der Waals surface area (Å²) in [6.07, 6.45) is 2.81. The Kier molecular flexibility index (Phi) is 6.24. The maximum absolute atomic E-state index is 12.5. The van der Waals surface area contributed by atoms with Gasteiger partial charge in [0.15, 0.2) is 0 Å². The Bertz CT molecular complexity index is 973. The number of nitrogens with zero attached hydrogens (tertiary/aromatic N) is 1. The number of nitrogens with one attached hydrogen (secondary N) is 2. The maximum Gasteiger partial charge on any atom is 0.257 e. The zero-order chi connectivity index (χ0) is 19.9. The molecule has 0 aliphatic heterocycles. The second kappa shape index (κ2) is 9.01. The van der Waals surface area contributed by atoms with Crippen LogP contribution in [0.5, 0.6) is 5.75 Å². The van der Waals surface area contributed by atoms with Gasteiger partial charge in [-0.25, -0.2) is 0 Å². The van der Waals surface area contributed by atoms with Crippen LogP contribution in [0.2, 0.25) is 5.02 Å². The molecule has 0 radical (unpaired) electrons. The highest BCUT2D eigenvalue weighted by atomic mass is 35.5. The molecule has 6 nitrogen and oxygen atoms in total. The van der Waals surface area contributed by atoms with E-state index in [0.717, 1.165) is 5.75 Å². The van der Waals surface area contributed by atoms with Crippen LogP contribution >= 0.6 is 11.6 Å². The smallest absolute Gasteiger partial charge is 0.257 e. The summed E-state index contributed by atoms with van der Waals surface area (Å²) in [4.78, 5) is 28.9. The van der Waals surface area contributed by atoms with E-state index in [-0.39, 0.29) is 22.9 Å². The molecule has 2 N–H and O–H groups in total. The van der Waals surface area contributed by atoms with Crippen molar-refractivity contribution in [3.05, 3.63) is 83.1 Å². The average molecular weight is 396 g/mol. The fourth-order valence-electron chi connectivity index (χ4n) is 2.43. The molecule has 3 aromatic rings. The van der Waals surface area contributed by atoms with Gasteiger partial charge in [0.05, 0.1) is 17.7 Å². The molecule has 0 aliphatic rings. The highest BCUT2D eigenvalue weighted by Gasteiger charge is 2.12. The van der Waals surface area contributed by atoms with Gasteiger partial charge in [-0.1, -0.05) is 11.6 Å². The van der Waals surface area contributed by atoms with Crippen molar-refractivity contribution in [2.45, 2.75) is 6.92 Å². The zero-order valence-corrected chi connectivity index (χ0v) is 15.9. The standard InChI is InChI=1S/C21H18ClN3O3/c1-2-28-19-9-7-18(8-10-19)25-21(27)15-11-14(12-23-13-15)20(26)24-17-5-3-16(22)4-6-17/h3-13H,2H2,1H3,(H,24,26)(H,25,27). The molecule has 0 bridgehead atoms. The zero-order valence-electron chi connectivity index (χ0n) is 15.1. The predicted octanol–water partition coefficient (Wildman–Crippen LogP) is 4.64. The second-order valence-electron chi connectivity index (χ2n) is 5.83. The second-order valence-corrected chi connectivity index (χ2v) is 6.27. The monoisotopic (exact) mass is 395 g/mol. The van der Waals surface area contributed by atoms with Crippen LogP contribution < -0.4 is 15.4 Å². The van der Waals surface area contributed by atoms with Crippen molar-refractivity contribution >= 4 is 34.8 Å². The summed E-state index contributed by atoms with van der Waals surface area (Å²) in [5.74, 6) is -0.00799. The number of anilines is 2. The summed E-state index contributed by atoms with van der Waals surface area (Å²) in [7, 11) is 0. The Balaban J connectivity index is 1.68. The fraction of sp³-hybridized carbons (Fsp3) is 0.0952. The van der Waals surface area contributed by atoms with Gasteiger partial charge in [0, 0.05) is 28.8 Å². The van der Waals surface area contributed by atoms with Gasteiger partial charge < -0.3 is 15.4 Å². The van der Waals surface area contributed by atoms with E-state index >= 15 is 0 Å². The van der Waals surface area contributed by atoms with E-state index in [9.17, 15) is 9.59 Å². The van der Waals surface area contributed by atoms with Gasteiger partial charge in [0.2, 0.25) is 0 Å². The Morgan fingerprint density at radius 1 is 0.893 bits per heavy atom.